The number of carbonyl (C=O) groups excluding carboxylic acids is 3. The van der Waals surface area contributed by atoms with Gasteiger partial charge in [-0.2, -0.15) is 0 Å². The highest BCUT2D eigenvalue weighted by Crippen LogP contribution is 2.42. The van der Waals surface area contributed by atoms with Crippen LogP contribution in [0.4, 0.5) is 9.59 Å². The molecule has 0 radical (unpaired) electrons. The third kappa shape index (κ3) is 6.82. The van der Waals surface area contributed by atoms with Crippen molar-refractivity contribution in [2.24, 2.45) is 11.8 Å². The number of nitrogens with zero attached hydrogens (tertiary/aromatic N) is 1. The molecule has 1 saturated heterocycles. The highest BCUT2D eigenvalue weighted by atomic mass is 16.6. The SMILES string of the molecule is Cc1cccc(C2C(C(=O)c3ccccc3)CN(CCCOC(=O)NC(=O)O)CC2C(=O)c2ccccc2)c1C. The number of nitrogens with one attached hydrogen (secondary N) is 1. The Morgan fingerprint density at radius 1 is 0.825 bits per heavy atom. The molecular weight excluding hydrogens is 508 g/mol. The number of Topliss-reactive ketones (excluding diaryl/α,β-unsaturated/α-hetero) is 2. The molecule has 2 amide bonds. The summed E-state index contributed by atoms with van der Waals surface area (Å²) in [5.41, 5.74) is 4.40. The molecule has 8 heteroatoms. The molecule has 3 aromatic rings. The topological polar surface area (TPSA) is 113 Å². The quantitative estimate of drug-likeness (QED) is 0.271. The van der Waals surface area contributed by atoms with Crippen molar-refractivity contribution in [1.82, 2.24) is 10.2 Å². The largest absolute Gasteiger partial charge is 0.465 e. The number of alkyl carbamates (subject to hydrolysis) is 1. The molecule has 0 bridgehead atoms. The molecule has 208 valence electrons. The Morgan fingerprint density at radius 2 is 1.38 bits per heavy atom. The summed E-state index contributed by atoms with van der Waals surface area (Å²) in [4.78, 5) is 52.4. The van der Waals surface area contributed by atoms with Crippen LogP contribution in [0.3, 0.4) is 0 Å². The van der Waals surface area contributed by atoms with Gasteiger partial charge in [-0.25, -0.2) is 14.9 Å². The average molecular weight is 543 g/mol. The number of ether oxygens (including phenoxy) is 1. The fraction of sp³-hybridized carbons (Fsp3) is 0.312. The minimum absolute atomic E-state index is 0.00459. The molecule has 2 N–H and O–H groups in total. The van der Waals surface area contributed by atoms with Crippen LogP contribution in [-0.4, -0.2) is 60.0 Å². The number of carbonyl (C=O) groups is 4. The second-order valence-electron chi connectivity index (χ2n) is 10.2. The molecule has 0 aromatic heterocycles. The number of ketones is 2. The predicted molar refractivity (Wildman–Crippen MR) is 151 cm³/mol. The first-order valence-electron chi connectivity index (χ1n) is 13.4. The van der Waals surface area contributed by atoms with Crippen molar-refractivity contribution in [2.45, 2.75) is 26.2 Å². The van der Waals surface area contributed by atoms with Gasteiger partial charge in [0.1, 0.15) is 0 Å². The number of hydrogen-bond donors (Lipinski definition) is 2. The van der Waals surface area contributed by atoms with E-state index in [1.54, 1.807) is 5.32 Å². The van der Waals surface area contributed by atoms with Crippen LogP contribution in [0.15, 0.2) is 78.9 Å². The highest BCUT2D eigenvalue weighted by molar-refractivity contribution is 6.02. The number of benzene rings is 3. The number of amides is 2. The number of hydrogen-bond acceptors (Lipinski definition) is 6. The highest BCUT2D eigenvalue weighted by Gasteiger charge is 2.45. The lowest BCUT2D eigenvalue weighted by Gasteiger charge is -2.43. The van der Waals surface area contributed by atoms with Crippen LogP contribution >= 0.6 is 0 Å². The molecule has 1 aliphatic heterocycles. The van der Waals surface area contributed by atoms with Gasteiger partial charge in [0.15, 0.2) is 11.6 Å². The first kappa shape index (κ1) is 28.7. The molecule has 3 aromatic carbocycles. The maximum absolute atomic E-state index is 14.1. The second-order valence-corrected chi connectivity index (χ2v) is 10.2. The van der Waals surface area contributed by atoms with Gasteiger partial charge < -0.3 is 14.7 Å². The summed E-state index contributed by atoms with van der Waals surface area (Å²) in [6, 6.07) is 24.4. The standard InChI is InChI=1S/C32H34N2O6/c1-21-11-9-16-25(22(21)2)28-26(29(35)23-12-5-3-6-13-23)19-34(17-10-18-40-32(39)33-31(37)38)20-27(28)30(36)24-14-7-4-8-15-24/h3-9,11-16,26-28H,10,17-20H2,1-2H3,(H,33,39)(H,37,38). The molecule has 40 heavy (non-hydrogen) atoms. The summed E-state index contributed by atoms with van der Waals surface area (Å²) in [5.74, 6) is -1.32. The van der Waals surface area contributed by atoms with Gasteiger partial charge in [0.25, 0.3) is 0 Å². The van der Waals surface area contributed by atoms with E-state index in [0.717, 1.165) is 16.7 Å². The predicted octanol–water partition coefficient (Wildman–Crippen LogP) is 5.50. The maximum Gasteiger partial charge on any atom is 0.416 e. The second kappa shape index (κ2) is 13.2. The van der Waals surface area contributed by atoms with Gasteiger partial charge in [-0.1, -0.05) is 78.9 Å². The van der Waals surface area contributed by atoms with Gasteiger partial charge in [0.05, 0.1) is 6.61 Å². The van der Waals surface area contributed by atoms with Crippen LogP contribution in [0.1, 0.15) is 49.7 Å². The van der Waals surface area contributed by atoms with E-state index >= 15 is 0 Å². The molecule has 4 rings (SSSR count). The first-order valence-corrected chi connectivity index (χ1v) is 13.4. The Balaban J connectivity index is 1.68. The number of piperidine rings is 1. The van der Waals surface area contributed by atoms with Crippen molar-refractivity contribution in [3.8, 4) is 0 Å². The molecule has 8 nitrogen and oxygen atoms in total. The van der Waals surface area contributed by atoms with Crippen LogP contribution in [0.25, 0.3) is 0 Å². The van der Waals surface area contributed by atoms with Crippen molar-refractivity contribution in [3.05, 3.63) is 107 Å². The van der Waals surface area contributed by atoms with E-state index in [1.165, 1.54) is 0 Å². The third-order valence-corrected chi connectivity index (χ3v) is 7.63. The van der Waals surface area contributed by atoms with Crippen LogP contribution in [0.5, 0.6) is 0 Å². The summed E-state index contributed by atoms with van der Waals surface area (Å²) in [6.07, 6.45) is -2.10. The lowest BCUT2D eigenvalue weighted by molar-refractivity contribution is 0.0555. The molecule has 2 atom stereocenters. The van der Waals surface area contributed by atoms with Gasteiger partial charge in [0.2, 0.25) is 0 Å². The van der Waals surface area contributed by atoms with E-state index in [1.807, 2.05) is 92.7 Å². The summed E-state index contributed by atoms with van der Waals surface area (Å²) in [6.45, 7) is 5.43. The van der Waals surface area contributed by atoms with Crippen LogP contribution in [-0.2, 0) is 4.74 Å². The number of rotatable bonds is 9. The fourth-order valence-electron chi connectivity index (χ4n) is 5.59. The van der Waals surface area contributed by atoms with E-state index in [2.05, 4.69) is 4.90 Å². The lowest BCUT2D eigenvalue weighted by Crippen LogP contribution is -2.51. The smallest absolute Gasteiger partial charge is 0.416 e. The van der Waals surface area contributed by atoms with Crippen molar-refractivity contribution in [1.29, 1.82) is 0 Å². The summed E-state index contributed by atoms with van der Waals surface area (Å²) < 4.78 is 4.96. The Bertz CT molecular complexity index is 1300. The van der Waals surface area contributed by atoms with Gasteiger partial charge in [-0.3, -0.25) is 9.59 Å². The van der Waals surface area contributed by atoms with E-state index in [4.69, 9.17) is 9.84 Å². The molecule has 0 aliphatic carbocycles. The molecule has 2 unspecified atom stereocenters. The Labute approximate surface area is 234 Å². The number of likely N-dealkylation sites (tertiary alicyclic amines) is 1. The van der Waals surface area contributed by atoms with Crippen molar-refractivity contribution in [3.63, 3.8) is 0 Å². The molecule has 0 spiro atoms. The Morgan fingerprint density at radius 3 is 1.90 bits per heavy atom. The lowest BCUT2D eigenvalue weighted by atomic mass is 9.67. The summed E-state index contributed by atoms with van der Waals surface area (Å²) in [5, 5.41) is 10.3. The van der Waals surface area contributed by atoms with Crippen molar-refractivity contribution in [2.75, 3.05) is 26.2 Å². The van der Waals surface area contributed by atoms with Crippen LogP contribution in [0, 0.1) is 25.7 Å². The molecule has 1 aliphatic rings. The van der Waals surface area contributed by atoms with E-state index < -0.39 is 24.0 Å². The Kier molecular flexibility index (Phi) is 9.45. The van der Waals surface area contributed by atoms with Crippen molar-refractivity contribution >= 4 is 23.8 Å². The zero-order valence-electron chi connectivity index (χ0n) is 22.7. The average Bonchev–Trinajstić information content (AvgIpc) is 2.96. The zero-order valence-corrected chi connectivity index (χ0v) is 22.7. The minimum Gasteiger partial charge on any atom is -0.465 e. The fourth-order valence-corrected chi connectivity index (χ4v) is 5.59. The first-order chi connectivity index (χ1) is 19.3. The normalized spacial score (nSPS) is 19.0. The summed E-state index contributed by atoms with van der Waals surface area (Å²) in [7, 11) is 0. The molecule has 1 heterocycles. The van der Waals surface area contributed by atoms with Crippen LogP contribution < -0.4 is 5.32 Å². The van der Waals surface area contributed by atoms with Crippen LogP contribution in [0.2, 0.25) is 0 Å². The number of carboxylic acid groups (broad SMARTS) is 1. The van der Waals surface area contributed by atoms with E-state index in [9.17, 15) is 19.2 Å². The van der Waals surface area contributed by atoms with E-state index in [0.29, 0.717) is 37.2 Å². The maximum atomic E-state index is 14.1. The Hall–Kier alpha value is -4.30. The van der Waals surface area contributed by atoms with Gasteiger partial charge in [-0.05, 0) is 37.0 Å². The number of imide groups is 1. The molecule has 0 saturated carbocycles. The molecular formula is C32H34N2O6. The zero-order chi connectivity index (χ0) is 28.6. The monoisotopic (exact) mass is 542 g/mol. The molecule has 1 fully saturated rings. The van der Waals surface area contributed by atoms with Gasteiger partial charge in [0, 0.05) is 48.5 Å². The minimum atomic E-state index is -1.48. The summed E-state index contributed by atoms with van der Waals surface area (Å²) >= 11 is 0. The van der Waals surface area contributed by atoms with Gasteiger partial charge in [-0.15, -0.1) is 0 Å². The van der Waals surface area contributed by atoms with E-state index in [-0.39, 0.29) is 24.1 Å². The van der Waals surface area contributed by atoms with Crippen molar-refractivity contribution < 1.29 is 29.0 Å². The number of aryl methyl sites for hydroxylation is 1. The van der Waals surface area contributed by atoms with Gasteiger partial charge >= 0.3 is 12.2 Å². The third-order valence-electron chi connectivity index (χ3n) is 7.63.